The van der Waals surface area contributed by atoms with E-state index in [0.717, 1.165) is 58.1 Å². The molecule has 7 nitrogen and oxygen atoms in total. The van der Waals surface area contributed by atoms with Crippen molar-refractivity contribution < 1.29 is 9.53 Å². The largest absolute Gasteiger partial charge is 0.368 e. The fourth-order valence-corrected chi connectivity index (χ4v) is 5.12. The van der Waals surface area contributed by atoms with Crippen LogP contribution < -0.4 is 5.32 Å². The molecule has 0 bridgehead atoms. The van der Waals surface area contributed by atoms with Gasteiger partial charge in [0.05, 0.1) is 0 Å². The normalized spacial score (nSPS) is 24.5. The molecule has 2 atom stereocenters. The summed E-state index contributed by atoms with van der Waals surface area (Å²) in [5, 5.41) is 3.57. The number of nitrogens with zero attached hydrogens (tertiary/aromatic N) is 4. The lowest BCUT2D eigenvalue weighted by Crippen LogP contribution is -2.55. The maximum Gasteiger partial charge on any atom is 0.251 e. The number of likely N-dealkylation sites (tertiary alicyclic amines) is 1. The molecule has 1 N–H and O–H groups in total. The molecular weight excluding hydrogens is 529 g/mol. The van der Waals surface area contributed by atoms with Gasteiger partial charge in [0.1, 0.15) is 6.10 Å². The number of piperazine rings is 1. The number of ether oxygens (including phenoxy) is 1. The van der Waals surface area contributed by atoms with Gasteiger partial charge in [0.25, 0.3) is 5.91 Å². The van der Waals surface area contributed by atoms with E-state index in [2.05, 4.69) is 51.3 Å². The van der Waals surface area contributed by atoms with E-state index in [0.29, 0.717) is 12.6 Å². The van der Waals surface area contributed by atoms with Crippen molar-refractivity contribution in [3.8, 4) is 0 Å². The van der Waals surface area contributed by atoms with Crippen LogP contribution in [-0.4, -0.2) is 85.1 Å². The fraction of sp³-hybridized carbons (Fsp3) is 0.680. The minimum absolute atomic E-state index is 0. The third kappa shape index (κ3) is 6.82. The average Bonchev–Trinajstić information content (AvgIpc) is 3.37. The molecule has 0 aromatic heterocycles. The van der Waals surface area contributed by atoms with Gasteiger partial charge in [-0.25, -0.2) is 0 Å². The van der Waals surface area contributed by atoms with Crippen LogP contribution in [0.15, 0.2) is 29.3 Å². The number of guanidine groups is 1. The van der Waals surface area contributed by atoms with Crippen molar-refractivity contribution in [3.63, 3.8) is 0 Å². The van der Waals surface area contributed by atoms with E-state index in [-0.39, 0.29) is 36.0 Å². The molecule has 8 heteroatoms. The van der Waals surface area contributed by atoms with Crippen LogP contribution in [0.25, 0.3) is 0 Å². The Balaban J connectivity index is 0.00000306. The van der Waals surface area contributed by atoms with Crippen LogP contribution in [0, 0.1) is 0 Å². The van der Waals surface area contributed by atoms with Gasteiger partial charge < -0.3 is 19.9 Å². The Kier molecular flexibility index (Phi) is 10.2. The topological polar surface area (TPSA) is 60.4 Å². The maximum atomic E-state index is 12.6. The summed E-state index contributed by atoms with van der Waals surface area (Å²) in [4.78, 5) is 24.0. The molecular formula is C25H40IN5O2. The summed E-state index contributed by atoms with van der Waals surface area (Å²) >= 11 is 0. The van der Waals surface area contributed by atoms with E-state index < -0.39 is 0 Å². The second-order valence-electron chi connectivity index (χ2n) is 9.30. The van der Waals surface area contributed by atoms with E-state index in [9.17, 15) is 4.79 Å². The smallest absolute Gasteiger partial charge is 0.251 e. The molecule has 1 amide bonds. The Hall–Kier alpha value is -1.39. The van der Waals surface area contributed by atoms with Crippen LogP contribution in [0.5, 0.6) is 0 Å². The van der Waals surface area contributed by atoms with Crippen LogP contribution in [0.2, 0.25) is 0 Å². The molecule has 1 aromatic rings. The summed E-state index contributed by atoms with van der Waals surface area (Å²) in [6.45, 7) is 9.08. The summed E-state index contributed by atoms with van der Waals surface area (Å²) < 4.78 is 5.58. The second kappa shape index (κ2) is 12.9. The van der Waals surface area contributed by atoms with Gasteiger partial charge >= 0.3 is 0 Å². The van der Waals surface area contributed by atoms with E-state index in [1.807, 2.05) is 11.9 Å². The third-order valence-electron chi connectivity index (χ3n) is 7.18. The van der Waals surface area contributed by atoms with Crippen molar-refractivity contribution in [1.29, 1.82) is 0 Å². The first kappa shape index (κ1) is 26.2. The van der Waals surface area contributed by atoms with Crippen molar-refractivity contribution >= 4 is 35.8 Å². The zero-order chi connectivity index (χ0) is 22.3. The van der Waals surface area contributed by atoms with Crippen LogP contribution in [0.4, 0.5) is 0 Å². The molecule has 0 radical (unpaired) electrons. The molecule has 0 spiro atoms. The van der Waals surface area contributed by atoms with Gasteiger partial charge in [-0.1, -0.05) is 30.7 Å². The van der Waals surface area contributed by atoms with Gasteiger partial charge in [-0.05, 0) is 50.3 Å². The van der Waals surface area contributed by atoms with Crippen LogP contribution in [-0.2, 0) is 22.6 Å². The number of benzene rings is 1. The highest BCUT2D eigenvalue weighted by Gasteiger charge is 2.31. The summed E-state index contributed by atoms with van der Waals surface area (Å²) in [7, 11) is 1.84. The SMILES string of the molecule is CN=C(NCc1ccccc1CN1CCCCC1C)N1CCN(C(=O)C2CCCO2)CC1.I. The van der Waals surface area contributed by atoms with Crippen molar-refractivity contribution in [2.75, 3.05) is 46.4 Å². The predicted molar refractivity (Wildman–Crippen MR) is 143 cm³/mol. The minimum atomic E-state index is -0.224. The quantitative estimate of drug-likeness (QED) is 0.336. The van der Waals surface area contributed by atoms with Crippen LogP contribution in [0.1, 0.15) is 50.2 Å². The van der Waals surface area contributed by atoms with Crippen molar-refractivity contribution in [2.45, 2.75) is 64.3 Å². The molecule has 33 heavy (non-hydrogen) atoms. The van der Waals surface area contributed by atoms with E-state index in [1.54, 1.807) is 0 Å². The lowest BCUT2D eigenvalue weighted by Gasteiger charge is -2.37. The molecule has 3 aliphatic rings. The molecule has 3 heterocycles. The number of hydrogen-bond donors (Lipinski definition) is 1. The van der Waals surface area contributed by atoms with Gasteiger partial charge in [-0.3, -0.25) is 14.7 Å². The molecule has 0 saturated carbocycles. The monoisotopic (exact) mass is 569 g/mol. The van der Waals surface area contributed by atoms with Crippen LogP contribution in [0.3, 0.4) is 0 Å². The summed E-state index contributed by atoms with van der Waals surface area (Å²) in [6.07, 6.45) is 5.58. The van der Waals surface area contributed by atoms with Crippen molar-refractivity contribution in [1.82, 2.24) is 20.0 Å². The molecule has 4 rings (SSSR count). The van der Waals surface area contributed by atoms with Crippen LogP contribution >= 0.6 is 24.0 Å². The van der Waals surface area contributed by atoms with Gasteiger partial charge in [-0.2, -0.15) is 0 Å². The summed E-state index contributed by atoms with van der Waals surface area (Å²) in [6, 6.07) is 9.41. The highest BCUT2D eigenvalue weighted by Crippen LogP contribution is 2.21. The molecule has 3 saturated heterocycles. The van der Waals surface area contributed by atoms with Gasteiger partial charge in [0.15, 0.2) is 5.96 Å². The first-order chi connectivity index (χ1) is 15.7. The zero-order valence-electron chi connectivity index (χ0n) is 20.2. The fourth-order valence-electron chi connectivity index (χ4n) is 5.12. The minimum Gasteiger partial charge on any atom is -0.368 e. The molecule has 184 valence electrons. The highest BCUT2D eigenvalue weighted by molar-refractivity contribution is 14.0. The van der Waals surface area contributed by atoms with Crippen molar-refractivity contribution in [3.05, 3.63) is 35.4 Å². The molecule has 3 fully saturated rings. The molecule has 3 aliphatic heterocycles. The summed E-state index contributed by atoms with van der Waals surface area (Å²) in [5.41, 5.74) is 2.73. The van der Waals surface area contributed by atoms with Crippen molar-refractivity contribution in [2.24, 2.45) is 4.99 Å². The Bertz CT molecular complexity index is 791. The Morgan fingerprint density at radius 2 is 1.76 bits per heavy atom. The number of amides is 1. The number of carbonyl (C=O) groups excluding carboxylic acids is 1. The van der Waals surface area contributed by atoms with E-state index >= 15 is 0 Å². The number of rotatable bonds is 5. The second-order valence-corrected chi connectivity index (χ2v) is 9.30. The number of hydrogen-bond acceptors (Lipinski definition) is 4. The maximum absolute atomic E-state index is 12.6. The standard InChI is InChI=1S/C25H39N5O2.HI/c1-20-8-5-6-12-30(20)19-22-10-4-3-9-21(22)18-27-25(26-2)29-15-13-28(14-16-29)24(31)23-11-7-17-32-23;/h3-4,9-10,20,23H,5-8,11-19H2,1-2H3,(H,26,27);1H. The zero-order valence-corrected chi connectivity index (χ0v) is 22.5. The number of aliphatic imine (C=N–C) groups is 1. The van der Waals surface area contributed by atoms with Gasteiger partial charge in [0, 0.05) is 59.0 Å². The number of carbonyl (C=O) groups is 1. The van der Waals surface area contributed by atoms with Gasteiger partial charge in [0.2, 0.25) is 0 Å². The molecule has 0 aliphatic carbocycles. The van der Waals surface area contributed by atoms with E-state index in [4.69, 9.17) is 4.74 Å². The van der Waals surface area contributed by atoms with E-state index in [1.165, 1.54) is 36.9 Å². The predicted octanol–water partition coefficient (Wildman–Crippen LogP) is 3.08. The lowest BCUT2D eigenvalue weighted by molar-refractivity contribution is -0.142. The third-order valence-corrected chi connectivity index (χ3v) is 7.18. The summed E-state index contributed by atoms with van der Waals surface area (Å²) in [5.74, 6) is 1.07. The highest BCUT2D eigenvalue weighted by atomic mass is 127. The van der Waals surface area contributed by atoms with Gasteiger partial charge in [-0.15, -0.1) is 24.0 Å². The Labute approximate surface area is 215 Å². The lowest BCUT2D eigenvalue weighted by atomic mass is 10.0. The number of halogens is 1. The molecule has 1 aromatic carbocycles. The first-order valence-corrected chi connectivity index (χ1v) is 12.3. The number of piperidine rings is 1. The first-order valence-electron chi connectivity index (χ1n) is 12.3. The Morgan fingerprint density at radius 1 is 1.03 bits per heavy atom. The molecule has 2 unspecified atom stereocenters. The number of nitrogens with one attached hydrogen (secondary N) is 1. The average molecular weight is 570 g/mol. The Morgan fingerprint density at radius 3 is 2.42 bits per heavy atom.